The quantitative estimate of drug-likeness (QED) is 0.538. The van der Waals surface area contributed by atoms with Crippen molar-refractivity contribution in [1.29, 1.82) is 0 Å². The fraction of sp³-hybridized carbons (Fsp3) is 0.286. The topological polar surface area (TPSA) is 48.1 Å². The number of carbonyl (C=O) groups excluding carboxylic acids is 1. The van der Waals surface area contributed by atoms with Crippen molar-refractivity contribution in [3.05, 3.63) is 65.9 Å². The van der Waals surface area contributed by atoms with Crippen molar-refractivity contribution in [1.82, 2.24) is 15.2 Å². The molecular weight excluding hydrogens is 342 g/mol. The molecule has 0 saturated carbocycles. The number of benzene rings is 2. The van der Waals surface area contributed by atoms with E-state index in [4.69, 9.17) is 0 Å². The number of nitrogens with one attached hydrogen (secondary N) is 2. The van der Waals surface area contributed by atoms with E-state index in [9.17, 15) is 4.79 Å². The molecule has 5 heteroatoms. The van der Waals surface area contributed by atoms with E-state index in [1.54, 1.807) is 11.8 Å². The number of nitrogens with zero attached hydrogens (tertiary/aromatic N) is 1. The van der Waals surface area contributed by atoms with Gasteiger partial charge in [-0.05, 0) is 30.7 Å². The number of aromatic nitrogens is 1. The molecule has 0 radical (unpaired) electrons. The van der Waals surface area contributed by atoms with E-state index in [0.29, 0.717) is 6.54 Å². The van der Waals surface area contributed by atoms with Crippen molar-refractivity contribution in [3.63, 3.8) is 0 Å². The molecule has 4 nitrogen and oxygen atoms in total. The Morgan fingerprint density at radius 3 is 2.85 bits per heavy atom. The van der Waals surface area contributed by atoms with Gasteiger partial charge in [-0.1, -0.05) is 42.5 Å². The van der Waals surface area contributed by atoms with Crippen LogP contribution in [0, 0.1) is 0 Å². The minimum Gasteiger partial charge on any atom is -0.360 e. The van der Waals surface area contributed by atoms with E-state index in [1.807, 2.05) is 19.3 Å². The van der Waals surface area contributed by atoms with Gasteiger partial charge in [-0.25, -0.2) is 0 Å². The van der Waals surface area contributed by atoms with Crippen molar-refractivity contribution in [2.24, 2.45) is 0 Å². The first-order valence-corrected chi connectivity index (χ1v) is 9.94. The summed E-state index contributed by atoms with van der Waals surface area (Å²) in [7, 11) is 2.03. The maximum atomic E-state index is 12.6. The molecule has 0 bridgehead atoms. The van der Waals surface area contributed by atoms with Crippen molar-refractivity contribution < 1.29 is 4.79 Å². The third kappa shape index (κ3) is 3.50. The Labute approximate surface area is 158 Å². The average molecular weight is 366 g/mol. The molecule has 134 valence electrons. The minimum atomic E-state index is -0.0806. The molecular formula is C21H23N3OS. The molecule has 0 saturated heterocycles. The number of aromatic amines is 1. The van der Waals surface area contributed by atoms with Crippen molar-refractivity contribution >= 4 is 28.6 Å². The van der Waals surface area contributed by atoms with Gasteiger partial charge in [0, 0.05) is 40.8 Å². The van der Waals surface area contributed by atoms with Crippen molar-refractivity contribution in [2.45, 2.75) is 23.9 Å². The molecule has 4 rings (SSSR count). The minimum absolute atomic E-state index is 0.0806. The normalized spacial score (nSPS) is 17.2. The molecule has 0 fully saturated rings. The van der Waals surface area contributed by atoms with Gasteiger partial charge < -0.3 is 10.3 Å². The highest BCUT2D eigenvalue weighted by molar-refractivity contribution is 7.99. The van der Waals surface area contributed by atoms with Crippen LogP contribution in [-0.4, -0.2) is 41.2 Å². The zero-order valence-corrected chi connectivity index (χ0v) is 15.7. The molecule has 2 N–H and O–H groups in total. The summed E-state index contributed by atoms with van der Waals surface area (Å²) >= 11 is 1.78. The Balaban J connectivity index is 1.30. The summed E-state index contributed by atoms with van der Waals surface area (Å²) in [6.07, 6.45) is 2.83. The highest BCUT2D eigenvalue weighted by Crippen LogP contribution is 2.27. The third-order valence-electron chi connectivity index (χ3n) is 5.00. The van der Waals surface area contributed by atoms with Gasteiger partial charge in [0.1, 0.15) is 0 Å². The first kappa shape index (κ1) is 17.2. The summed E-state index contributed by atoms with van der Waals surface area (Å²) in [4.78, 5) is 19.3. The molecule has 0 aliphatic carbocycles. The van der Waals surface area contributed by atoms with E-state index < -0.39 is 0 Å². The monoisotopic (exact) mass is 365 g/mol. The number of hydrogen-bond donors (Lipinski definition) is 2. The summed E-state index contributed by atoms with van der Waals surface area (Å²) in [6, 6.07) is 16.6. The van der Waals surface area contributed by atoms with Crippen LogP contribution < -0.4 is 5.32 Å². The smallest absolute Gasteiger partial charge is 0.237 e. The number of amides is 1. The Morgan fingerprint density at radius 2 is 1.96 bits per heavy atom. The van der Waals surface area contributed by atoms with Crippen molar-refractivity contribution in [3.8, 4) is 0 Å². The van der Waals surface area contributed by atoms with Crippen LogP contribution in [0.2, 0.25) is 0 Å². The van der Waals surface area contributed by atoms with Gasteiger partial charge in [0.2, 0.25) is 5.91 Å². The zero-order valence-electron chi connectivity index (χ0n) is 14.9. The van der Waals surface area contributed by atoms with E-state index >= 15 is 0 Å². The van der Waals surface area contributed by atoms with E-state index in [2.05, 4.69) is 57.7 Å². The lowest BCUT2D eigenvalue weighted by Crippen LogP contribution is -2.48. The second-order valence-corrected chi connectivity index (χ2v) is 7.88. The zero-order chi connectivity index (χ0) is 17.9. The Kier molecular flexibility index (Phi) is 5.00. The van der Waals surface area contributed by atoms with Crippen LogP contribution in [0.4, 0.5) is 0 Å². The summed E-state index contributed by atoms with van der Waals surface area (Å²) in [5, 5.41) is 4.36. The number of thioether (sulfide) groups is 1. The molecule has 0 spiro atoms. The number of carbonyl (C=O) groups is 1. The molecule has 1 amide bonds. The predicted molar refractivity (Wildman–Crippen MR) is 107 cm³/mol. The maximum Gasteiger partial charge on any atom is 0.237 e. The number of fused-ring (bicyclic) bond motifs is 2. The van der Waals surface area contributed by atoms with Crippen LogP contribution in [0.15, 0.2) is 59.6 Å². The highest BCUT2D eigenvalue weighted by atomic mass is 32.2. The molecule has 3 aromatic rings. The molecule has 26 heavy (non-hydrogen) atoms. The number of rotatable bonds is 5. The number of para-hydroxylation sites is 1. The molecule has 2 aromatic carbocycles. The van der Waals surface area contributed by atoms with Crippen molar-refractivity contribution in [2.75, 3.05) is 19.3 Å². The van der Waals surface area contributed by atoms with Crippen LogP contribution in [0.25, 0.3) is 10.9 Å². The summed E-state index contributed by atoms with van der Waals surface area (Å²) < 4.78 is 0. The lowest BCUT2D eigenvalue weighted by atomic mass is 9.94. The molecule has 1 atom stereocenters. The van der Waals surface area contributed by atoms with Gasteiger partial charge in [-0.15, -0.1) is 11.8 Å². The molecule has 1 aliphatic heterocycles. The molecule has 2 heterocycles. The van der Waals surface area contributed by atoms with E-state index in [0.717, 1.165) is 24.2 Å². The van der Waals surface area contributed by atoms with E-state index in [1.165, 1.54) is 21.4 Å². The molecule has 1 aliphatic rings. The Hall–Kier alpha value is -2.24. The van der Waals surface area contributed by atoms with Gasteiger partial charge in [-0.2, -0.15) is 0 Å². The highest BCUT2D eigenvalue weighted by Gasteiger charge is 2.28. The Bertz CT molecular complexity index is 920. The van der Waals surface area contributed by atoms with Gasteiger partial charge in [0.25, 0.3) is 0 Å². The van der Waals surface area contributed by atoms with Gasteiger partial charge >= 0.3 is 0 Å². The predicted octanol–water partition coefficient (Wildman–Crippen LogP) is 3.43. The third-order valence-corrected chi connectivity index (χ3v) is 6.05. The number of H-pyrrole nitrogens is 1. The SMILES string of the molecule is CN1Cc2ccccc2CC1C(=O)NCCSc1c[nH]c2ccccc12. The summed E-state index contributed by atoms with van der Waals surface area (Å²) in [5.74, 6) is 0.988. The fourth-order valence-electron chi connectivity index (χ4n) is 3.56. The lowest BCUT2D eigenvalue weighted by molar-refractivity contribution is -0.126. The second-order valence-electron chi connectivity index (χ2n) is 6.74. The van der Waals surface area contributed by atoms with Crippen LogP contribution >= 0.6 is 11.8 Å². The first-order chi connectivity index (χ1) is 12.7. The Morgan fingerprint density at radius 1 is 1.19 bits per heavy atom. The van der Waals surface area contributed by atoms with E-state index in [-0.39, 0.29) is 11.9 Å². The summed E-state index contributed by atoms with van der Waals surface area (Å²) in [5.41, 5.74) is 3.77. The number of hydrogen-bond acceptors (Lipinski definition) is 3. The largest absolute Gasteiger partial charge is 0.360 e. The van der Waals surface area contributed by atoms with Crippen LogP contribution in [-0.2, 0) is 17.8 Å². The van der Waals surface area contributed by atoms with Crippen LogP contribution in [0.1, 0.15) is 11.1 Å². The molecule has 1 aromatic heterocycles. The van der Waals surface area contributed by atoms with Gasteiger partial charge in [0.05, 0.1) is 6.04 Å². The lowest BCUT2D eigenvalue weighted by Gasteiger charge is -2.33. The second kappa shape index (κ2) is 7.56. The first-order valence-electron chi connectivity index (χ1n) is 8.96. The fourth-order valence-corrected chi connectivity index (χ4v) is 4.46. The maximum absolute atomic E-state index is 12.6. The standard InChI is InChI=1S/C21H23N3OS/c1-24-14-16-7-3-2-6-15(16)12-19(24)21(25)22-10-11-26-20-13-23-18-9-5-4-8-17(18)20/h2-9,13,19,23H,10-12,14H2,1H3,(H,22,25). The summed E-state index contributed by atoms with van der Waals surface area (Å²) in [6.45, 7) is 1.51. The molecule has 1 unspecified atom stereocenters. The van der Waals surface area contributed by atoms with Gasteiger partial charge in [0.15, 0.2) is 0 Å². The average Bonchev–Trinajstić information content (AvgIpc) is 3.07. The number of likely N-dealkylation sites (N-methyl/N-ethyl adjacent to an activating group) is 1. The van der Waals surface area contributed by atoms with Gasteiger partial charge in [-0.3, -0.25) is 9.69 Å². The van der Waals surface area contributed by atoms with Crippen LogP contribution in [0.5, 0.6) is 0 Å². The van der Waals surface area contributed by atoms with Crippen LogP contribution in [0.3, 0.4) is 0 Å².